The van der Waals surface area contributed by atoms with Crippen LogP contribution in [0.5, 0.6) is 0 Å². The van der Waals surface area contributed by atoms with Crippen molar-refractivity contribution in [2.24, 2.45) is 0 Å². The molecule has 0 atom stereocenters. The van der Waals surface area contributed by atoms with Crippen LogP contribution < -0.4 is 0 Å². The summed E-state index contributed by atoms with van der Waals surface area (Å²) >= 11 is 0. The molecule has 0 unspecified atom stereocenters. The van der Waals surface area contributed by atoms with E-state index in [9.17, 15) is 18.4 Å². The second-order valence-electron chi connectivity index (χ2n) is 2.70. The number of hydrogen-bond donors (Lipinski definition) is 2. The molecule has 0 aromatic carbocycles. The van der Waals surface area contributed by atoms with Crippen molar-refractivity contribution >= 4 is 11.9 Å². The van der Waals surface area contributed by atoms with E-state index in [1.54, 1.807) is 0 Å². The van der Waals surface area contributed by atoms with Crippen molar-refractivity contribution in [2.45, 2.75) is 12.8 Å². The fourth-order valence-electron chi connectivity index (χ4n) is 1.00. The normalized spacial score (nSPS) is 13.1. The lowest BCUT2D eigenvalue weighted by atomic mass is 10.0. The van der Waals surface area contributed by atoms with Crippen LogP contribution in [0, 0.1) is 0 Å². The maximum Gasteiger partial charge on any atom is 0.332 e. The van der Waals surface area contributed by atoms with E-state index in [1.165, 1.54) is 0 Å². The molecule has 0 saturated heterocycles. The number of hydrogen-bond acceptors (Lipinski definition) is 2. The Balaban J connectivity index is 5.25. The van der Waals surface area contributed by atoms with Crippen LogP contribution in [0.15, 0.2) is 36.0 Å². The van der Waals surface area contributed by atoms with Crippen molar-refractivity contribution in [1.29, 1.82) is 0 Å². The Morgan fingerprint density at radius 2 is 1.19 bits per heavy atom. The molecule has 0 rings (SSSR count). The van der Waals surface area contributed by atoms with Crippen molar-refractivity contribution in [3.8, 4) is 0 Å². The number of aliphatic carboxylic acids is 2. The standard InChI is InChI=1S/C10H10F2O4/c11-5-1-3-7(9(13)14)8(10(15)16)4-2-6-12/h1-2,5-6H,3-4H2,(H,13,14)(H,15,16). The largest absolute Gasteiger partial charge is 0.478 e. The first kappa shape index (κ1) is 14.0. The summed E-state index contributed by atoms with van der Waals surface area (Å²) in [6.45, 7) is 0. The predicted octanol–water partition coefficient (Wildman–Crippen LogP) is 2.20. The van der Waals surface area contributed by atoms with Gasteiger partial charge in [-0.1, -0.05) is 12.2 Å². The lowest BCUT2D eigenvalue weighted by Crippen LogP contribution is -2.10. The number of carbonyl (C=O) groups is 2. The van der Waals surface area contributed by atoms with Crippen LogP contribution in [0.25, 0.3) is 0 Å². The highest BCUT2D eigenvalue weighted by atomic mass is 19.1. The van der Waals surface area contributed by atoms with Gasteiger partial charge in [-0.05, 0) is 0 Å². The van der Waals surface area contributed by atoms with E-state index in [-0.39, 0.29) is 25.5 Å². The third-order valence-corrected chi connectivity index (χ3v) is 1.70. The minimum Gasteiger partial charge on any atom is -0.478 e. The molecule has 0 bridgehead atoms. The first-order valence-corrected chi connectivity index (χ1v) is 4.23. The summed E-state index contributed by atoms with van der Waals surface area (Å²) in [5, 5.41) is 17.4. The first-order chi connectivity index (χ1) is 7.54. The second kappa shape index (κ2) is 7.33. The van der Waals surface area contributed by atoms with E-state index in [0.29, 0.717) is 0 Å². The minimum atomic E-state index is -1.47. The Labute approximate surface area is 90.2 Å². The van der Waals surface area contributed by atoms with E-state index in [0.717, 1.165) is 12.2 Å². The van der Waals surface area contributed by atoms with Crippen molar-refractivity contribution in [3.63, 3.8) is 0 Å². The smallest absolute Gasteiger partial charge is 0.332 e. The third kappa shape index (κ3) is 4.50. The van der Waals surface area contributed by atoms with Gasteiger partial charge in [0.2, 0.25) is 0 Å². The van der Waals surface area contributed by atoms with Crippen LogP contribution in [0.2, 0.25) is 0 Å². The van der Waals surface area contributed by atoms with Crippen LogP contribution in [0.3, 0.4) is 0 Å². The van der Waals surface area contributed by atoms with E-state index < -0.39 is 23.1 Å². The summed E-state index contributed by atoms with van der Waals surface area (Å²) in [4.78, 5) is 21.4. The third-order valence-electron chi connectivity index (χ3n) is 1.70. The van der Waals surface area contributed by atoms with Crippen LogP contribution in [-0.2, 0) is 9.59 Å². The number of rotatable bonds is 6. The molecule has 0 fully saturated rings. The summed E-state index contributed by atoms with van der Waals surface area (Å²) in [6, 6.07) is 0. The molecular weight excluding hydrogens is 222 g/mol. The summed E-state index contributed by atoms with van der Waals surface area (Å²) in [6.07, 6.45) is 1.24. The Morgan fingerprint density at radius 1 is 0.875 bits per heavy atom. The molecule has 6 heteroatoms. The van der Waals surface area contributed by atoms with Gasteiger partial charge < -0.3 is 10.2 Å². The Kier molecular flexibility index (Phi) is 6.42. The second-order valence-corrected chi connectivity index (χ2v) is 2.70. The molecular formula is C10H10F2O4. The van der Waals surface area contributed by atoms with Gasteiger partial charge >= 0.3 is 11.9 Å². The van der Waals surface area contributed by atoms with Crippen LogP contribution in [0.1, 0.15) is 12.8 Å². The van der Waals surface area contributed by atoms with Crippen LogP contribution in [0.4, 0.5) is 8.78 Å². The first-order valence-electron chi connectivity index (χ1n) is 4.23. The Morgan fingerprint density at radius 3 is 1.38 bits per heavy atom. The van der Waals surface area contributed by atoms with Crippen molar-refractivity contribution in [2.75, 3.05) is 0 Å². The molecule has 0 amide bonds. The topological polar surface area (TPSA) is 74.6 Å². The van der Waals surface area contributed by atoms with Gasteiger partial charge in [-0.15, -0.1) is 0 Å². The van der Waals surface area contributed by atoms with Crippen molar-refractivity contribution < 1.29 is 28.6 Å². The van der Waals surface area contributed by atoms with Crippen LogP contribution >= 0.6 is 0 Å². The molecule has 0 aliphatic rings. The molecule has 0 heterocycles. The number of allylic oxidation sites excluding steroid dienone is 2. The molecule has 16 heavy (non-hydrogen) atoms. The molecule has 0 aliphatic heterocycles. The molecule has 88 valence electrons. The number of carboxylic acids is 2. The minimum absolute atomic E-state index is 0.118. The Hall–Kier alpha value is -1.98. The number of carboxylic acid groups (broad SMARTS) is 2. The molecule has 2 N–H and O–H groups in total. The van der Waals surface area contributed by atoms with Gasteiger partial charge in [0.15, 0.2) is 0 Å². The molecule has 0 saturated carbocycles. The summed E-state index contributed by atoms with van der Waals surface area (Å²) < 4.78 is 23.4. The molecule has 0 radical (unpaired) electrons. The van der Waals surface area contributed by atoms with Gasteiger partial charge in [-0.3, -0.25) is 0 Å². The van der Waals surface area contributed by atoms with Crippen molar-refractivity contribution in [1.82, 2.24) is 0 Å². The van der Waals surface area contributed by atoms with Crippen LogP contribution in [-0.4, -0.2) is 22.2 Å². The van der Waals surface area contributed by atoms with Crippen molar-refractivity contribution in [3.05, 3.63) is 36.0 Å². The summed E-state index contributed by atoms with van der Waals surface area (Å²) in [7, 11) is 0. The monoisotopic (exact) mass is 232 g/mol. The zero-order chi connectivity index (χ0) is 12.6. The van der Waals surface area contributed by atoms with E-state index in [1.807, 2.05) is 0 Å². The zero-order valence-corrected chi connectivity index (χ0v) is 8.19. The highest BCUT2D eigenvalue weighted by molar-refractivity contribution is 5.99. The van der Waals surface area contributed by atoms with Gasteiger partial charge in [0, 0.05) is 12.8 Å². The van der Waals surface area contributed by atoms with E-state index in [2.05, 4.69) is 0 Å². The van der Waals surface area contributed by atoms with E-state index >= 15 is 0 Å². The fraction of sp³-hybridized carbons (Fsp3) is 0.200. The van der Waals surface area contributed by atoms with E-state index in [4.69, 9.17) is 10.2 Å². The maximum absolute atomic E-state index is 11.7. The van der Waals surface area contributed by atoms with Gasteiger partial charge in [-0.2, -0.15) is 0 Å². The lowest BCUT2D eigenvalue weighted by molar-refractivity contribution is -0.136. The lowest BCUT2D eigenvalue weighted by Gasteiger charge is -2.04. The molecule has 4 nitrogen and oxygen atoms in total. The molecule has 0 aromatic heterocycles. The SMILES string of the molecule is O=C(O)C(CC=CF)=C(CC=CF)C(=O)O. The highest BCUT2D eigenvalue weighted by Gasteiger charge is 2.17. The predicted molar refractivity (Wildman–Crippen MR) is 52.0 cm³/mol. The van der Waals surface area contributed by atoms with Gasteiger partial charge in [0.05, 0.1) is 23.8 Å². The maximum atomic E-state index is 11.7. The average molecular weight is 232 g/mol. The van der Waals surface area contributed by atoms with Gasteiger partial charge in [-0.25, -0.2) is 18.4 Å². The molecule has 0 aliphatic carbocycles. The fourth-order valence-corrected chi connectivity index (χ4v) is 1.00. The highest BCUT2D eigenvalue weighted by Crippen LogP contribution is 2.15. The quantitative estimate of drug-likeness (QED) is 0.688. The van der Waals surface area contributed by atoms with Gasteiger partial charge in [0.25, 0.3) is 0 Å². The average Bonchev–Trinajstić information content (AvgIpc) is 2.21. The Bertz CT molecular complexity index is 322. The number of halogens is 2. The summed E-state index contributed by atoms with van der Waals surface area (Å²) in [5.41, 5.74) is -0.945. The van der Waals surface area contributed by atoms with Gasteiger partial charge in [0.1, 0.15) is 0 Å². The molecule has 0 aromatic rings. The zero-order valence-electron chi connectivity index (χ0n) is 8.19. The molecule has 0 spiro atoms. The summed E-state index contributed by atoms with van der Waals surface area (Å²) in [5.74, 6) is -2.94.